The number of nitrogens with one attached hydrogen (secondary N) is 2. The first-order valence-electron chi connectivity index (χ1n) is 12.6. The lowest BCUT2D eigenvalue weighted by Crippen LogP contribution is -2.80. The highest BCUT2D eigenvalue weighted by Crippen LogP contribution is 2.59. The third kappa shape index (κ3) is 4.42. The lowest BCUT2D eigenvalue weighted by Gasteiger charge is -2.52. The molecule has 2 aromatic carbocycles. The molecule has 3 aliphatic rings. The van der Waals surface area contributed by atoms with Gasteiger partial charge in [0.15, 0.2) is 5.78 Å². The molecule has 6 atom stereocenters. The Morgan fingerprint density at radius 2 is 1.63 bits per heavy atom. The Balaban J connectivity index is 1.49. The molecular formula is C28H30N2O6S2. The van der Waals surface area contributed by atoms with Crippen LogP contribution in [0.3, 0.4) is 0 Å². The van der Waals surface area contributed by atoms with Gasteiger partial charge in [-0.25, -0.2) is 0 Å². The van der Waals surface area contributed by atoms with Gasteiger partial charge in [0.05, 0.1) is 18.4 Å². The summed E-state index contributed by atoms with van der Waals surface area (Å²) < 4.78 is 4.77. The summed E-state index contributed by atoms with van der Waals surface area (Å²) in [6.45, 7) is 0. The van der Waals surface area contributed by atoms with Gasteiger partial charge in [-0.15, -0.1) is 11.8 Å². The summed E-state index contributed by atoms with van der Waals surface area (Å²) in [5, 5.41) is 17.7. The molecule has 2 heterocycles. The zero-order chi connectivity index (χ0) is 26.9. The van der Waals surface area contributed by atoms with Crippen molar-refractivity contribution in [2.75, 3.05) is 18.6 Å². The molecule has 2 amide bonds. The van der Waals surface area contributed by atoms with Crippen molar-refractivity contribution in [3.63, 3.8) is 0 Å². The molecule has 2 bridgehead atoms. The van der Waals surface area contributed by atoms with Crippen LogP contribution < -0.4 is 10.6 Å². The molecule has 3 N–H and O–H groups in total. The van der Waals surface area contributed by atoms with E-state index in [0.29, 0.717) is 29.7 Å². The SMILES string of the molecule is COC(=O)CCC[C@H]1[C@H]2SC[C@@](NC(=O)c3ccccc3)(C2=O)[C@@]2(O)[C@H](NC(=O)c3ccccc3)CS[C@@H]12. The van der Waals surface area contributed by atoms with Gasteiger partial charge in [-0.2, -0.15) is 11.8 Å². The highest BCUT2D eigenvalue weighted by atomic mass is 32.2. The van der Waals surface area contributed by atoms with Crippen LogP contribution >= 0.6 is 23.5 Å². The first-order chi connectivity index (χ1) is 18.3. The van der Waals surface area contributed by atoms with E-state index in [2.05, 4.69) is 10.6 Å². The topological polar surface area (TPSA) is 122 Å². The molecule has 38 heavy (non-hydrogen) atoms. The maximum Gasteiger partial charge on any atom is 0.305 e. The van der Waals surface area contributed by atoms with Crippen molar-refractivity contribution in [3.05, 3.63) is 71.8 Å². The van der Waals surface area contributed by atoms with E-state index >= 15 is 0 Å². The lowest BCUT2D eigenvalue weighted by molar-refractivity contribution is -0.145. The van der Waals surface area contributed by atoms with Crippen LogP contribution in [0, 0.1) is 5.92 Å². The number of esters is 1. The number of hydrogen-bond acceptors (Lipinski definition) is 8. The van der Waals surface area contributed by atoms with Crippen LogP contribution in [-0.4, -0.2) is 75.0 Å². The van der Waals surface area contributed by atoms with E-state index in [9.17, 15) is 24.3 Å². The molecule has 2 aromatic rings. The Bertz CT molecular complexity index is 1230. The fraction of sp³-hybridized carbons (Fsp3) is 0.429. The Labute approximate surface area is 229 Å². The standard InChI is InChI=1S/C28H30N2O6S2/c1-36-21(31)14-8-13-19-22-23(32)27(16-38-22,30-26(34)18-11-6-3-7-12-18)28(35)20(15-37-24(19)28)29-25(33)17-9-4-2-5-10-17/h2-7,9-12,19-20,22,24,35H,8,13-16H2,1H3,(H,29,33)(H,30,34)/t19-,20+,22+,24-,27+,28+/m0/s1. The smallest absolute Gasteiger partial charge is 0.305 e. The third-order valence-electron chi connectivity index (χ3n) is 7.88. The van der Waals surface area contributed by atoms with E-state index in [4.69, 9.17) is 4.74 Å². The van der Waals surface area contributed by atoms with Crippen LogP contribution in [0.2, 0.25) is 0 Å². The van der Waals surface area contributed by atoms with E-state index in [0.717, 1.165) is 0 Å². The molecule has 0 radical (unpaired) electrons. The van der Waals surface area contributed by atoms with Crippen LogP contribution in [0.25, 0.3) is 0 Å². The van der Waals surface area contributed by atoms with Crippen LogP contribution in [0.4, 0.5) is 0 Å². The van der Waals surface area contributed by atoms with Gasteiger partial charge in [-0.1, -0.05) is 36.4 Å². The second-order valence-electron chi connectivity index (χ2n) is 9.92. The quantitative estimate of drug-likeness (QED) is 0.426. The summed E-state index contributed by atoms with van der Waals surface area (Å²) in [5.41, 5.74) is -2.45. The maximum absolute atomic E-state index is 14.1. The van der Waals surface area contributed by atoms with Gasteiger partial charge < -0.3 is 20.5 Å². The first kappa shape index (κ1) is 26.8. The largest absolute Gasteiger partial charge is 0.469 e. The van der Waals surface area contributed by atoms with Crippen LogP contribution in [0.1, 0.15) is 40.0 Å². The van der Waals surface area contributed by atoms with Crippen molar-refractivity contribution < 1.29 is 29.0 Å². The van der Waals surface area contributed by atoms with E-state index < -0.39 is 33.6 Å². The monoisotopic (exact) mass is 554 g/mol. The number of ketones is 1. The third-order valence-corrected chi connectivity index (χ3v) is 11.0. The number of amides is 2. The fourth-order valence-electron chi connectivity index (χ4n) is 5.96. The molecule has 0 unspecified atom stereocenters. The summed E-state index contributed by atoms with van der Waals surface area (Å²) in [7, 11) is 1.34. The Morgan fingerprint density at radius 1 is 1.00 bits per heavy atom. The van der Waals surface area contributed by atoms with Crippen LogP contribution in [0.15, 0.2) is 60.7 Å². The van der Waals surface area contributed by atoms with Crippen molar-refractivity contribution in [2.24, 2.45) is 5.92 Å². The molecule has 1 aliphatic carbocycles. The van der Waals surface area contributed by atoms with Gasteiger partial charge in [0.2, 0.25) is 0 Å². The average molecular weight is 555 g/mol. The molecule has 0 spiro atoms. The molecule has 10 heteroatoms. The highest BCUT2D eigenvalue weighted by molar-refractivity contribution is 8.02. The van der Waals surface area contributed by atoms with Gasteiger partial charge in [-0.05, 0) is 43.0 Å². The molecular weight excluding hydrogens is 524 g/mol. The predicted octanol–water partition coefficient (Wildman–Crippen LogP) is 2.46. The minimum Gasteiger partial charge on any atom is -0.469 e. The van der Waals surface area contributed by atoms with Gasteiger partial charge >= 0.3 is 5.97 Å². The van der Waals surface area contributed by atoms with E-state index in [-0.39, 0.29) is 35.8 Å². The normalized spacial score (nSPS) is 31.4. The molecule has 3 fully saturated rings. The number of carbonyl (C=O) groups is 4. The number of ether oxygens (including phenoxy) is 1. The number of aliphatic hydroxyl groups is 1. The maximum atomic E-state index is 14.1. The van der Waals surface area contributed by atoms with Crippen molar-refractivity contribution in [2.45, 2.75) is 46.9 Å². The number of carbonyl (C=O) groups excluding carboxylic acids is 4. The minimum atomic E-state index is -1.72. The number of rotatable bonds is 8. The Morgan fingerprint density at radius 3 is 2.26 bits per heavy atom. The second kappa shape index (κ2) is 10.7. The molecule has 5 rings (SSSR count). The minimum absolute atomic E-state index is 0.202. The highest BCUT2D eigenvalue weighted by Gasteiger charge is 2.75. The van der Waals surface area contributed by atoms with Crippen LogP contribution in [-0.2, 0) is 14.3 Å². The molecule has 0 aromatic heterocycles. The fourth-order valence-corrected chi connectivity index (χ4v) is 9.72. The van der Waals surface area contributed by atoms with Crippen molar-refractivity contribution in [1.82, 2.24) is 10.6 Å². The van der Waals surface area contributed by atoms with E-state index in [1.54, 1.807) is 54.6 Å². The van der Waals surface area contributed by atoms with Gasteiger partial charge in [0.1, 0.15) is 11.1 Å². The number of methoxy groups -OCH3 is 1. The van der Waals surface area contributed by atoms with Gasteiger partial charge in [0, 0.05) is 34.3 Å². The number of hydrogen-bond donors (Lipinski definition) is 3. The van der Waals surface area contributed by atoms with Gasteiger partial charge in [0.25, 0.3) is 11.8 Å². The van der Waals surface area contributed by atoms with Crippen molar-refractivity contribution in [1.29, 1.82) is 0 Å². The summed E-state index contributed by atoms with van der Waals surface area (Å²) in [6, 6.07) is 16.5. The zero-order valence-electron chi connectivity index (χ0n) is 20.9. The average Bonchev–Trinajstić information content (AvgIpc) is 3.42. The summed E-state index contributed by atoms with van der Waals surface area (Å²) in [4.78, 5) is 52.3. The number of thioether (sulfide) groups is 2. The Hall–Kier alpha value is -2.82. The van der Waals surface area contributed by atoms with E-state index in [1.807, 2.05) is 6.07 Å². The summed E-state index contributed by atoms with van der Waals surface area (Å²) in [6.07, 6.45) is 1.28. The molecule has 1 saturated carbocycles. The first-order valence-corrected chi connectivity index (χ1v) is 14.7. The predicted molar refractivity (Wildman–Crippen MR) is 146 cm³/mol. The van der Waals surface area contributed by atoms with Crippen molar-refractivity contribution in [3.8, 4) is 0 Å². The number of benzene rings is 2. The van der Waals surface area contributed by atoms with E-state index in [1.165, 1.54) is 30.6 Å². The summed E-state index contributed by atoms with van der Waals surface area (Å²) in [5.74, 6) is -0.976. The van der Waals surface area contributed by atoms with Crippen molar-refractivity contribution >= 4 is 47.1 Å². The summed E-state index contributed by atoms with van der Waals surface area (Å²) >= 11 is 2.95. The van der Waals surface area contributed by atoms with Gasteiger partial charge in [-0.3, -0.25) is 19.2 Å². The zero-order valence-corrected chi connectivity index (χ0v) is 22.6. The number of fused-ring (bicyclic) bond motifs is 4. The molecule has 2 aliphatic heterocycles. The Kier molecular flexibility index (Phi) is 7.57. The molecule has 200 valence electrons. The van der Waals surface area contributed by atoms with Crippen LogP contribution in [0.5, 0.6) is 0 Å². The molecule has 8 nitrogen and oxygen atoms in total. The second-order valence-corrected chi connectivity index (χ2v) is 12.2. The lowest BCUT2D eigenvalue weighted by atomic mass is 9.61. The molecule has 2 saturated heterocycles. The number of Topliss-reactive ketones (excluding diaryl/α,β-unsaturated/α-hetero) is 1.